The molecule has 1 aromatic heterocycles. The van der Waals surface area contributed by atoms with Gasteiger partial charge in [0.25, 0.3) is 0 Å². The Hall–Kier alpha value is -2.46. The lowest BCUT2D eigenvalue weighted by molar-refractivity contribution is 0.0837. The van der Waals surface area contributed by atoms with Crippen LogP contribution >= 0.6 is 11.6 Å². The minimum Gasteiger partial charge on any atom is -0.450 e. The molecule has 1 atom stereocenters. The van der Waals surface area contributed by atoms with Crippen LogP contribution < -0.4 is 0 Å². The van der Waals surface area contributed by atoms with Crippen molar-refractivity contribution in [2.24, 2.45) is 0 Å². The van der Waals surface area contributed by atoms with Gasteiger partial charge in [0.05, 0.1) is 12.6 Å². The minimum atomic E-state index is -0.238. The van der Waals surface area contributed by atoms with Gasteiger partial charge in [0.2, 0.25) is 0 Å². The highest BCUT2D eigenvalue weighted by Gasteiger charge is 2.33. The van der Waals surface area contributed by atoms with E-state index in [1.807, 2.05) is 36.1 Å². The van der Waals surface area contributed by atoms with Crippen LogP contribution in [0.5, 0.6) is 0 Å². The molecule has 3 aromatic rings. The molecule has 1 amide bonds. The highest BCUT2D eigenvalue weighted by Crippen LogP contribution is 2.38. The van der Waals surface area contributed by atoms with Gasteiger partial charge in [-0.15, -0.1) is 0 Å². The zero-order valence-corrected chi connectivity index (χ0v) is 16.1. The van der Waals surface area contributed by atoms with Crippen molar-refractivity contribution in [3.8, 4) is 0 Å². The smallest absolute Gasteiger partial charge is 0.410 e. The van der Waals surface area contributed by atoms with Crippen molar-refractivity contribution in [1.29, 1.82) is 0 Å². The third kappa shape index (κ3) is 3.54. The van der Waals surface area contributed by atoms with E-state index in [4.69, 9.17) is 16.3 Å². The fourth-order valence-corrected chi connectivity index (χ4v) is 4.18. The van der Waals surface area contributed by atoms with E-state index in [2.05, 4.69) is 29.2 Å². The van der Waals surface area contributed by atoms with Crippen LogP contribution in [-0.2, 0) is 17.6 Å². The number of amides is 1. The van der Waals surface area contributed by atoms with Crippen molar-refractivity contribution in [2.75, 3.05) is 13.2 Å². The van der Waals surface area contributed by atoms with Gasteiger partial charge >= 0.3 is 6.09 Å². The van der Waals surface area contributed by atoms with Gasteiger partial charge in [-0.05, 0) is 55.5 Å². The number of carbonyl (C=O) groups excluding carboxylic acids is 1. The Labute approximate surface area is 164 Å². The van der Waals surface area contributed by atoms with E-state index in [0.717, 1.165) is 40.9 Å². The van der Waals surface area contributed by atoms with Crippen LogP contribution in [0.3, 0.4) is 0 Å². The van der Waals surface area contributed by atoms with Gasteiger partial charge in [-0.25, -0.2) is 4.79 Å². The number of halogens is 1. The van der Waals surface area contributed by atoms with Crippen LogP contribution in [0.25, 0.3) is 10.9 Å². The summed E-state index contributed by atoms with van der Waals surface area (Å²) in [5, 5.41) is 1.89. The van der Waals surface area contributed by atoms with Gasteiger partial charge in [-0.2, -0.15) is 0 Å². The summed E-state index contributed by atoms with van der Waals surface area (Å²) in [6.45, 7) is 2.89. The fourth-order valence-electron chi connectivity index (χ4n) is 4.01. The quantitative estimate of drug-likeness (QED) is 0.646. The number of hydrogen-bond acceptors (Lipinski definition) is 2. The Balaban J connectivity index is 1.70. The standard InChI is InChI=1S/C22H23ClN2O2/c1-2-27-22(26)25-13-12-17-18-14-16(23)9-10-19(18)24-21(17)20(25)11-8-15-6-4-3-5-7-15/h3-7,9-10,14,20,24H,2,8,11-13H2,1H3. The molecule has 0 fully saturated rings. The molecule has 0 saturated carbocycles. The summed E-state index contributed by atoms with van der Waals surface area (Å²) < 4.78 is 5.32. The molecule has 1 aliphatic rings. The molecule has 1 unspecified atom stereocenters. The largest absolute Gasteiger partial charge is 0.450 e. The number of aromatic nitrogens is 1. The third-order valence-electron chi connectivity index (χ3n) is 5.26. The molecule has 2 heterocycles. The van der Waals surface area contributed by atoms with Gasteiger partial charge < -0.3 is 9.72 Å². The van der Waals surface area contributed by atoms with Crippen LogP contribution in [0.1, 0.15) is 36.2 Å². The van der Waals surface area contributed by atoms with Gasteiger partial charge in [0.1, 0.15) is 0 Å². The molecule has 0 aliphatic carbocycles. The average Bonchev–Trinajstić information content (AvgIpc) is 3.05. The number of carbonyl (C=O) groups is 1. The number of hydrogen-bond donors (Lipinski definition) is 1. The predicted molar refractivity (Wildman–Crippen MR) is 108 cm³/mol. The van der Waals surface area contributed by atoms with E-state index < -0.39 is 0 Å². The van der Waals surface area contributed by atoms with Crippen LogP contribution in [0, 0.1) is 0 Å². The number of benzene rings is 2. The number of aryl methyl sites for hydroxylation is 1. The molecule has 4 nitrogen and oxygen atoms in total. The van der Waals surface area contributed by atoms with Crippen molar-refractivity contribution in [1.82, 2.24) is 9.88 Å². The molecule has 4 rings (SSSR count). The van der Waals surface area contributed by atoms with Crippen molar-refractivity contribution in [3.05, 3.63) is 70.4 Å². The Morgan fingerprint density at radius 2 is 2.07 bits per heavy atom. The number of nitrogens with one attached hydrogen (secondary N) is 1. The number of ether oxygens (including phenoxy) is 1. The van der Waals surface area contributed by atoms with E-state index in [1.54, 1.807) is 0 Å². The maximum atomic E-state index is 12.6. The van der Waals surface area contributed by atoms with Gasteiger partial charge in [-0.3, -0.25) is 4.90 Å². The molecule has 0 bridgehead atoms. The van der Waals surface area contributed by atoms with Crippen molar-refractivity contribution >= 4 is 28.6 Å². The highest BCUT2D eigenvalue weighted by atomic mass is 35.5. The number of aromatic amines is 1. The summed E-state index contributed by atoms with van der Waals surface area (Å²) >= 11 is 6.22. The van der Waals surface area contributed by atoms with Crippen LogP contribution in [0.15, 0.2) is 48.5 Å². The molecule has 27 heavy (non-hydrogen) atoms. The maximum absolute atomic E-state index is 12.6. The van der Waals surface area contributed by atoms with E-state index in [9.17, 15) is 4.79 Å². The first-order chi connectivity index (χ1) is 13.2. The second-order valence-corrected chi connectivity index (χ2v) is 7.33. The number of rotatable bonds is 4. The molecular weight excluding hydrogens is 360 g/mol. The first-order valence-corrected chi connectivity index (χ1v) is 9.82. The first kappa shape index (κ1) is 17.9. The molecule has 2 aromatic carbocycles. The summed E-state index contributed by atoms with van der Waals surface area (Å²) in [7, 11) is 0. The monoisotopic (exact) mass is 382 g/mol. The van der Waals surface area contributed by atoms with E-state index >= 15 is 0 Å². The molecule has 0 radical (unpaired) electrons. The van der Waals surface area contributed by atoms with Gasteiger partial charge in [0.15, 0.2) is 0 Å². The van der Waals surface area contributed by atoms with E-state index in [1.165, 1.54) is 11.1 Å². The fraction of sp³-hybridized carbons (Fsp3) is 0.318. The normalized spacial score (nSPS) is 16.4. The lowest BCUT2D eigenvalue weighted by atomic mass is 9.93. The van der Waals surface area contributed by atoms with Crippen molar-refractivity contribution in [3.63, 3.8) is 0 Å². The molecule has 0 saturated heterocycles. The number of fused-ring (bicyclic) bond motifs is 3. The lowest BCUT2D eigenvalue weighted by Crippen LogP contribution is -2.40. The summed E-state index contributed by atoms with van der Waals surface area (Å²) in [5.41, 5.74) is 4.72. The summed E-state index contributed by atoms with van der Waals surface area (Å²) in [5.74, 6) is 0. The first-order valence-electron chi connectivity index (χ1n) is 9.44. The number of H-pyrrole nitrogens is 1. The Morgan fingerprint density at radius 3 is 2.85 bits per heavy atom. The Bertz CT molecular complexity index is 952. The maximum Gasteiger partial charge on any atom is 0.410 e. The van der Waals surface area contributed by atoms with Gasteiger partial charge in [0, 0.05) is 28.2 Å². The Kier molecular flexibility index (Phi) is 5.08. The summed E-state index contributed by atoms with van der Waals surface area (Å²) in [6, 6.07) is 16.3. The second-order valence-electron chi connectivity index (χ2n) is 6.89. The average molecular weight is 383 g/mol. The SMILES string of the molecule is CCOC(=O)N1CCc2c([nH]c3ccc(Cl)cc23)C1CCc1ccccc1. The highest BCUT2D eigenvalue weighted by molar-refractivity contribution is 6.31. The molecule has 5 heteroatoms. The van der Waals surface area contributed by atoms with E-state index in [-0.39, 0.29) is 12.1 Å². The number of nitrogens with zero attached hydrogens (tertiary/aromatic N) is 1. The molecule has 0 spiro atoms. The minimum absolute atomic E-state index is 0.0285. The van der Waals surface area contributed by atoms with Crippen molar-refractivity contribution < 1.29 is 9.53 Å². The third-order valence-corrected chi connectivity index (χ3v) is 5.50. The molecule has 1 N–H and O–H groups in total. The van der Waals surface area contributed by atoms with Crippen LogP contribution in [0.2, 0.25) is 5.02 Å². The molecule has 140 valence electrons. The second kappa shape index (κ2) is 7.65. The van der Waals surface area contributed by atoms with Gasteiger partial charge in [-0.1, -0.05) is 41.9 Å². The summed E-state index contributed by atoms with van der Waals surface area (Å²) in [6.07, 6.45) is 2.31. The predicted octanol–water partition coefficient (Wildman–Crippen LogP) is 5.51. The topological polar surface area (TPSA) is 45.3 Å². The Morgan fingerprint density at radius 1 is 1.26 bits per heavy atom. The summed E-state index contributed by atoms with van der Waals surface area (Å²) in [4.78, 5) is 18.0. The van der Waals surface area contributed by atoms with E-state index in [0.29, 0.717) is 13.2 Å². The van der Waals surface area contributed by atoms with Crippen molar-refractivity contribution in [2.45, 2.75) is 32.2 Å². The zero-order valence-electron chi connectivity index (χ0n) is 15.4. The zero-order chi connectivity index (χ0) is 18.8. The lowest BCUT2D eigenvalue weighted by Gasteiger charge is -2.35. The molecular formula is C22H23ClN2O2. The molecule has 1 aliphatic heterocycles. The van der Waals surface area contributed by atoms with Crippen LogP contribution in [0.4, 0.5) is 4.79 Å². The van der Waals surface area contributed by atoms with Crippen LogP contribution in [-0.4, -0.2) is 29.1 Å².